The molecule has 0 fully saturated rings. The van der Waals surface area contributed by atoms with Crippen molar-refractivity contribution in [2.24, 2.45) is 0 Å². The smallest absolute Gasteiger partial charge is 0.281 e. The van der Waals surface area contributed by atoms with E-state index in [1.165, 1.54) is 12.1 Å². The van der Waals surface area contributed by atoms with Crippen molar-refractivity contribution in [3.63, 3.8) is 0 Å². The fraction of sp³-hybridized carbons (Fsp3) is 0.176. The van der Waals surface area contributed by atoms with Crippen molar-refractivity contribution in [1.82, 2.24) is 0 Å². The predicted molar refractivity (Wildman–Crippen MR) is 88.5 cm³/mol. The van der Waals surface area contributed by atoms with E-state index in [-0.39, 0.29) is 17.2 Å². The summed E-state index contributed by atoms with van der Waals surface area (Å²) < 4.78 is 0. The van der Waals surface area contributed by atoms with Gasteiger partial charge in [0.15, 0.2) is 0 Å². The molecule has 2 aromatic carbocycles. The Morgan fingerprint density at radius 3 is 2.00 bits per heavy atom. The van der Waals surface area contributed by atoms with Crippen molar-refractivity contribution >= 4 is 22.9 Å². The van der Waals surface area contributed by atoms with E-state index in [0.717, 1.165) is 12.1 Å². The second-order valence-corrected chi connectivity index (χ2v) is 5.95. The fourth-order valence-corrected chi connectivity index (χ4v) is 2.93. The van der Waals surface area contributed by atoms with Crippen LogP contribution in [0.15, 0.2) is 24.3 Å². The van der Waals surface area contributed by atoms with Crippen LogP contribution < -0.4 is 5.32 Å². The van der Waals surface area contributed by atoms with Crippen LogP contribution in [-0.2, 0) is 0 Å². The molecule has 0 heterocycles. The number of rotatable bonds is 3. The minimum Gasteiger partial charge on any atom is -0.507 e. The lowest BCUT2D eigenvalue weighted by atomic mass is 9.81. The number of hydrogen-bond donors (Lipinski definition) is 3. The van der Waals surface area contributed by atoms with Crippen molar-refractivity contribution in [3.05, 3.63) is 56.6 Å². The normalized spacial score (nSPS) is 12.8. The Morgan fingerprint density at radius 1 is 0.920 bits per heavy atom. The van der Waals surface area contributed by atoms with Gasteiger partial charge in [-0.3, -0.25) is 19.7 Å². The largest absolute Gasteiger partial charge is 0.507 e. The van der Waals surface area contributed by atoms with Gasteiger partial charge in [0.2, 0.25) is 11.6 Å². The Kier molecular flexibility index (Phi) is 3.67. The summed E-state index contributed by atoms with van der Waals surface area (Å²) in [5.74, 6) is -2.61. The Balaban J connectivity index is 2.38. The van der Waals surface area contributed by atoms with Crippen LogP contribution >= 0.6 is 0 Å². The van der Waals surface area contributed by atoms with Gasteiger partial charge in [0, 0.05) is 17.8 Å². The van der Waals surface area contributed by atoms with E-state index in [4.69, 9.17) is 0 Å². The Labute approximate surface area is 141 Å². The molecule has 1 aliphatic rings. The van der Waals surface area contributed by atoms with E-state index < -0.39 is 44.8 Å². The topological polar surface area (TPSA) is 130 Å². The number of anilines is 1. The molecule has 8 heteroatoms. The summed E-state index contributed by atoms with van der Waals surface area (Å²) in [4.78, 5) is 36.2. The Morgan fingerprint density at radius 2 is 1.44 bits per heavy atom. The minimum absolute atomic E-state index is 0.0725. The molecular formula is C17H14N2O6. The first-order valence-corrected chi connectivity index (χ1v) is 7.46. The van der Waals surface area contributed by atoms with Gasteiger partial charge in [0.1, 0.15) is 17.1 Å². The number of nitrogens with one attached hydrogen (secondary N) is 1. The average Bonchev–Trinajstić information content (AvgIpc) is 2.53. The van der Waals surface area contributed by atoms with Gasteiger partial charge >= 0.3 is 0 Å². The zero-order chi connectivity index (χ0) is 18.5. The highest BCUT2D eigenvalue weighted by Gasteiger charge is 2.40. The molecule has 0 saturated carbocycles. The number of hydrogen-bond acceptors (Lipinski definition) is 7. The average molecular weight is 342 g/mol. The lowest BCUT2D eigenvalue weighted by molar-refractivity contribution is -0.385. The lowest BCUT2D eigenvalue weighted by Crippen LogP contribution is -2.25. The number of phenolic OH excluding ortho intramolecular Hbond substituents is 2. The number of aromatic hydroxyl groups is 2. The maximum atomic E-state index is 12.9. The van der Waals surface area contributed by atoms with E-state index in [1.807, 2.05) is 13.8 Å². The molecule has 25 heavy (non-hydrogen) atoms. The molecule has 0 unspecified atom stereocenters. The molecule has 0 bridgehead atoms. The van der Waals surface area contributed by atoms with Crippen LogP contribution in [0.1, 0.15) is 45.7 Å². The highest BCUT2D eigenvalue weighted by Crippen LogP contribution is 2.42. The van der Waals surface area contributed by atoms with Crippen LogP contribution in [0.4, 0.5) is 11.4 Å². The lowest BCUT2D eigenvalue weighted by Gasteiger charge is -2.23. The van der Waals surface area contributed by atoms with E-state index in [9.17, 15) is 29.9 Å². The second kappa shape index (κ2) is 5.59. The first kappa shape index (κ1) is 16.4. The zero-order valence-electron chi connectivity index (χ0n) is 13.4. The number of phenols is 2. The van der Waals surface area contributed by atoms with Crippen molar-refractivity contribution in [3.8, 4) is 11.5 Å². The van der Waals surface area contributed by atoms with E-state index in [1.54, 1.807) is 0 Å². The molecule has 1 aliphatic carbocycles. The molecule has 0 aromatic heterocycles. The molecule has 3 rings (SSSR count). The van der Waals surface area contributed by atoms with E-state index in [2.05, 4.69) is 5.32 Å². The van der Waals surface area contributed by atoms with Crippen molar-refractivity contribution < 1.29 is 24.7 Å². The Hall–Kier alpha value is -3.42. The van der Waals surface area contributed by atoms with Gasteiger partial charge in [-0.25, -0.2) is 0 Å². The van der Waals surface area contributed by atoms with Gasteiger partial charge < -0.3 is 15.5 Å². The van der Waals surface area contributed by atoms with Gasteiger partial charge in [-0.05, 0) is 32.0 Å². The van der Waals surface area contributed by atoms with Gasteiger partial charge in [-0.2, -0.15) is 0 Å². The van der Waals surface area contributed by atoms with Crippen LogP contribution in [0.2, 0.25) is 0 Å². The molecule has 0 amide bonds. The molecule has 0 atom stereocenters. The number of nitro groups is 1. The number of nitrogens with zero attached hydrogens (tertiary/aromatic N) is 1. The number of benzene rings is 2. The zero-order valence-corrected chi connectivity index (χ0v) is 13.4. The van der Waals surface area contributed by atoms with Crippen LogP contribution in [0.3, 0.4) is 0 Å². The minimum atomic E-state index is -0.878. The predicted octanol–water partition coefficient (Wildman–Crippen LogP) is 2.60. The third-order valence-electron chi connectivity index (χ3n) is 3.89. The molecular weight excluding hydrogens is 328 g/mol. The SMILES string of the molecule is CC(C)Nc1ccc(O)c2c1C(=O)c1c(O)ccc([N+](=O)[O-])c1C2=O. The third kappa shape index (κ3) is 2.38. The quantitative estimate of drug-likeness (QED) is 0.379. The standard InChI is InChI=1S/C17H14N2O6/c1-7(2)18-8-3-5-10(20)14-12(8)16(22)15-11(21)6-4-9(19(24)25)13(15)17(14)23/h3-7,18,20-21H,1-2H3. The first-order valence-electron chi connectivity index (χ1n) is 7.46. The van der Waals surface area contributed by atoms with Crippen LogP contribution in [0.5, 0.6) is 11.5 Å². The summed E-state index contributed by atoms with van der Waals surface area (Å²) >= 11 is 0. The number of fused-ring (bicyclic) bond motifs is 2. The van der Waals surface area contributed by atoms with Crippen LogP contribution in [0.25, 0.3) is 0 Å². The molecule has 128 valence electrons. The fourth-order valence-electron chi connectivity index (χ4n) is 2.93. The Bertz CT molecular complexity index is 949. The van der Waals surface area contributed by atoms with Crippen LogP contribution in [0, 0.1) is 10.1 Å². The number of carbonyl (C=O) groups excluding carboxylic acids is 2. The second-order valence-electron chi connectivity index (χ2n) is 5.95. The summed E-state index contributed by atoms with van der Waals surface area (Å²) in [6.45, 7) is 3.65. The molecule has 8 nitrogen and oxygen atoms in total. The highest BCUT2D eigenvalue weighted by molar-refractivity contribution is 6.33. The number of carbonyl (C=O) groups is 2. The first-order chi connectivity index (χ1) is 11.7. The number of nitro benzene ring substituents is 1. The summed E-state index contributed by atoms with van der Waals surface area (Å²) in [7, 11) is 0. The molecule has 0 radical (unpaired) electrons. The van der Waals surface area contributed by atoms with E-state index in [0.29, 0.717) is 5.69 Å². The molecule has 3 N–H and O–H groups in total. The van der Waals surface area contributed by atoms with Crippen molar-refractivity contribution in [2.75, 3.05) is 5.32 Å². The summed E-state index contributed by atoms with van der Waals surface area (Å²) in [5, 5.41) is 34.4. The third-order valence-corrected chi connectivity index (χ3v) is 3.89. The summed E-state index contributed by atoms with van der Waals surface area (Å²) in [6.07, 6.45) is 0. The van der Waals surface area contributed by atoms with Gasteiger partial charge in [-0.15, -0.1) is 0 Å². The van der Waals surface area contributed by atoms with Crippen LogP contribution in [-0.4, -0.2) is 32.7 Å². The number of ketones is 2. The molecule has 0 saturated heterocycles. The van der Waals surface area contributed by atoms with Crippen molar-refractivity contribution in [2.45, 2.75) is 19.9 Å². The van der Waals surface area contributed by atoms with Gasteiger partial charge in [0.25, 0.3) is 5.69 Å². The monoisotopic (exact) mass is 342 g/mol. The summed E-state index contributed by atoms with van der Waals surface area (Å²) in [5.41, 5.74) is -1.65. The van der Waals surface area contributed by atoms with Gasteiger partial charge in [-0.1, -0.05) is 0 Å². The van der Waals surface area contributed by atoms with Crippen molar-refractivity contribution in [1.29, 1.82) is 0 Å². The summed E-state index contributed by atoms with van der Waals surface area (Å²) in [6, 6.07) is 4.58. The highest BCUT2D eigenvalue weighted by atomic mass is 16.6. The van der Waals surface area contributed by atoms with E-state index >= 15 is 0 Å². The maximum Gasteiger partial charge on any atom is 0.281 e. The van der Waals surface area contributed by atoms with Gasteiger partial charge in [0.05, 0.1) is 21.6 Å². The molecule has 0 aliphatic heterocycles. The maximum absolute atomic E-state index is 12.9. The molecule has 2 aromatic rings. The molecule has 0 spiro atoms.